The van der Waals surface area contributed by atoms with E-state index in [9.17, 15) is 18.4 Å². The van der Waals surface area contributed by atoms with Crippen molar-refractivity contribution < 1.29 is 18.3 Å². The summed E-state index contributed by atoms with van der Waals surface area (Å²) in [6, 6.07) is 8.13. The van der Waals surface area contributed by atoms with E-state index in [1.165, 1.54) is 37.7 Å². The third-order valence-electron chi connectivity index (χ3n) is 4.30. The minimum Gasteiger partial charge on any atom is -0.494 e. The van der Waals surface area contributed by atoms with Crippen molar-refractivity contribution in [2.24, 2.45) is 0 Å². The summed E-state index contributed by atoms with van der Waals surface area (Å²) in [7, 11) is 1.38. The van der Waals surface area contributed by atoms with Crippen LogP contribution in [0.1, 0.15) is 0 Å². The highest BCUT2D eigenvalue weighted by atomic mass is 32.1. The highest BCUT2D eigenvalue weighted by Crippen LogP contribution is 2.28. The van der Waals surface area contributed by atoms with Crippen molar-refractivity contribution in [1.29, 1.82) is 0 Å². The molecule has 7 nitrogen and oxygen atoms in total. The first-order chi connectivity index (χ1) is 14.4. The first-order valence-electron chi connectivity index (χ1n) is 8.68. The number of thiazole rings is 1. The van der Waals surface area contributed by atoms with Crippen LogP contribution in [0.15, 0.2) is 52.9 Å². The third-order valence-corrected chi connectivity index (χ3v) is 5.06. The lowest BCUT2D eigenvalue weighted by atomic mass is 10.1. The van der Waals surface area contributed by atoms with Gasteiger partial charge in [-0.3, -0.25) is 14.2 Å². The number of aromatic nitrogens is 3. The molecule has 0 aliphatic carbocycles. The van der Waals surface area contributed by atoms with Crippen molar-refractivity contribution in [3.8, 4) is 17.0 Å². The number of nitrogens with zero attached hydrogens (tertiary/aromatic N) is 3. The SMILES string of the molecule is COc1ccc(-c2csc(NC(=O)Cn3cnc4ccc(F)cc4c3=O)n2)cc1F. The average Bonchev–Trinajstić information content (AvgIpc) is 3.19. The summed E-state index contributed by atoms with van der Waals surface area (Å²) in [4.78, 5) is 33.1. The van der Waals surface area contributed by atoms with E-state index in [2.05, 4.69) is 15.3 Å². The number of rotatable bonds is 5. The summed E-state index contributed by atoms with van der Waals surface area (Å²) in [6.07, 6.45) is 1.23. The van der Waals surface area contributed by atoms with Crippen LogP contribution in [0, 0.1) is 11.6 Å². The number of nitrogens with one attached hydrogen (secondary N) is 1. The van der Waals surface area contributed by atoms with E-state index in [4.69, 9.17) is 4.74 Å². The van der Waals surface area contributed by atoms with E-state index < -0.39 is 23.1 Å². The van der Waals surface area contributed by atoms with Crippen LogP contribution in [0.2, 0.25) is 0 Å². The van der Waals surface area contributed by atoms with Crippen LogP contribution in [-0.4, -0.2) is 27.6 Å². The zero-order valence-corrected chi connectivity index (χ0v) is 16.4. The molecule has 2 aromatic heterocycles. The molecule has 2 aromatic carbocycles. The van der Waals surface area contributed by atoms with Gasteiger partial charge < -0.3 is 10.1 Å². The number of benzene rings is 2. The molecule has 0 radical (unpaired) electrons. The van der Waals surface area contributed by atoms with Gasteiger partial charge in [0.2, 0.25) is 5.91 Å². The predicted octanol–water partition coefficient (Wildman–Crippen LogP) is 3.45. The number of carbonyl (C=O) groups is 1. The lowest BCUT2D eigenvalue weighted by Gasteiger charge is -2.06. The van der Waals surface area contributed by atoms with Gasteiger partial charge in [0.05, 0.1) is 30.0 Å². The Morgan fingerprint density at radius 1 is 1.23 bits per heavy atom. The van der Waals surface area contributed by atoms with Crippen LogP contribution in [0.4, 0.5) is 13.9 Å². The minimum absolute atomic E-state index is 0.0865. The molecule has 4 aromatic rings. The Kier molecular flexibility index (Phi) is 5.23. The van der Waals surface area contributed by atoms with Gasteiger partial charge in [-0.2, -0.15) is 0 Å². The van der Waals surface area contributed by atoms with Crippen LogP contribution in [0.25, 0.3) is 22.2 Å². The number of hydrogen-bond acceptors (Lipinski definition) is 6. The van der Waals surface area contributed by atoms with Gasteiger partial charge >= 0.3 is 0 Å². The van der Waals surface area contributed by atoms with E-state index in [1.807, 2.05) is 0 Å². The monoisotopic (exact) mass is 428 g/mol. The highest BCUT2D eigenvalue weighted by molar-refractivity contribution is 7.14. The molecule has 152 valence electrons. The minimum atomic E-state index is -0.561. The van der Waals surface area contributed by atoms with Crippen molar-refractivity contribution in [3.63, 3.8) is 0 Å². The van der Waals surface area contributed by atoms with Gasteiger partial charge in [0, 0.05) is 10.9 Å². The molecule has 2 heterocycles. The van der Waals surface area contributed by atoms with Crippen LogP contribution in [0.5, 0.6) is 5.75 Å². The lowest BCUT2D eigenvalue weighted by molar-refractivity contribution is -0.116. The van der Waals surface area contributed by atoms with Gasteiger partial charge in [-0.1, -0.05) is 0 Å². The van der Waals surface area contributed by atoms with Gasteiger partial charge in [0.25, 0.3) is 5.56 Å². The zero-order valence-electron chi connectivity index (χ0n) is 15.6. The molecule has 30 heavy (non-hydrogen) atoms. The fourth-order valence-electron chi connectivity index (χ4n) is 2.85. The molecule has 0 aliphatic heterocycles. The Bertz CT molecular complexity index is 1320. The summed E-state index contributed by atoms with van der Waals surface area (Å²) in [5.74, 6) is -1.46. The summed E-state index contributed by atoms with van der Waals surface area (Å²) >= 11 is 1.16. The Morgan fingerprint density at radius 2 is 2.07 bits per heavy atom. The molecule has 0 aliphatic rings. The van der Waals surface area contributed by atoms with Crippen LogP contribution >= 0.6 is 11.3 Å². The second-order valence-corrected chi connectivity index (χ2v) is 7.13. The molecule has 4 rings (SSSR count). The van der Waals surface area contributed by atoms with Crippen molar-refractivity contribution in [1.82, 2.24) is 14.5 Å². The molecule has 0 spiro atoms. The fourth-order valence-corrected chi connectivity index (χ4v) is 3.58. The van der Waals surface area contributed by atoms with Crippen molar-refractivity contribution in [2.45, 2.75) is 6.54 Å². The maximum atomic E-state index is 13.9. The molecule has 0 saturated heterocycles. The Morgan fingerprint density at radius 3 is 2.83 bits per heavy atom. The Hall–Kier alpha value is -3.66. The summed E-state index contributed by atoms with van der Waals surface area (Å²) in [6.45, 7) is -0.315. The van der Waals surface area contributed by atoms with E-state index >= 15 is 0 Å². The summed E-state index contributed by atoms with van der Waals surface area (Å²) in [5, 5.41) is 4.64. The smallest absolute Gasteiger partial charge is 0.261 e. The number of carbonyl (C=O) groups excluding carboxylic acids is 1. The molecule has 0 bridgehead atoms. The highest BCUT2D eigenvalue weighted by Gasteiger charge is 2.13. The summed E-state index contributed by atoms with van der Waals surface area (Å²) < 4.78 is 33.3. The first-order valence-corrected chi connectivity index (χ1v) is 9.56. The predicted molar refractivity (Wildman–Crippen MR) is 109 cm³/mol. The van der Waals surface area contributed by atoms with Gasteiger partial charge in [0.1, 0.15) is 12.4 Å². The lowest BCUT2D eigenvalue weighted by Crippen LogP contribution is -2.27. The van der Waals surface area contributed by atoms with Crippen LogP contribution in [-0.2, 0) is 11.3 Å². The van der Waals surface area contributed by atoms with Gasteiger partial charge in [-0.05, 0) is 36.4 Å². The van der Waals surface area contributed by atoms with Gasteiger partial charge in [0.15, 0.2) is 16.7 Å². The van der Waals surface area contributed by atoms with E-state index in [1.54, 1.807) is 11.4 Å². The number of amides is 1. The first kappa shape index (κ1) is 19.6. The topological polar surface area (TPSA) is 86.1 Å². The molecule has 1 N–H and O–H groups in total. The van der Waals surface area contributed by atoms with Gasteiger partial charge in [-0.25, -0.2) is 18.7 Å². The maximum absolute atomic E-state index is 13.9. The number of anilines is 1. The molecular formula is C20H14F2N4O3S. The number of ether oxygens (including phenoxy) is 1. The van der Waals surface area contributed by atoms with E-state index in [0.717, 1.165) is 22.0 Å². The number of halogens is 2. The third kappa shape index (κ3) is 3.90. The number of methoxy groups -OCH3 is 1. The van der Waals surface area contributed by atoms with Crippen LogP contribution < -0.4 is 15.6 Å². The molecule has 10 heteroatoms. The van der Waals surface area contributed by atoms with E-state index in [-0.39, 0.29) is 17.7 Å². The molecule has 1 amide bonds. The quantitative estimate of drug-likeness (QED) is 0.526. The van der Waals surface area contributed by atoms with Gasteiger partial charge in [-0.15, -0.1) is 11.3 Å². The normalized spacial score (nSPS) is 10.9. The molecule has 0 saturated carbocycles. The van der Waals surface area contributed by atoms with Crippen LogP contribution in [0.3, 0.4) is 0 Å². The molecule has 0 unspecified atom stereocenters. The molecule has 0 atom stereocenters. The van der Waals surface area contributed by atoms with Crippen molar-refractivity contribution in [2.75, 3.05) is 12.4 Å². The molecular weight excluding hydrogens is 414 g/mol. The number of fused-ring (bicyclic) bond motifs is 1. The van der Waals surface area contributed by atoms with Crippen molar-refractivity contribution in [3.05, 3.63) is 70.1 Å². The summed E-state index contributed by atoms with van der Waals surface area (Å²) in [5.41, 5.74) is 0.830. The second kappa shape index (κ2) is 7.99. The average molecular weight is 428 g/mol. The number of hydrogen-bond donors (Lipinski definition) is 1. The van der Waals surface area contributed by atoms with E-state index in [0.29, 0.717) is 21.9 Å². The zero-order chi connectivity index (χ0) is 21.3. The Balaban J connectivity index is 1.50. The Labute approximate surface area is 172 Å². The second-order valence-electron chi connectivity index (χ2n) is 6.27. The van der Waals surface area contributed by atoms with Crippen molar-refractivity contribution >= 4 is 33.3 Å². The molecule has 0 fully saturated rings. The maximum Gasteiger partial charge on any atom is 0.261 e. The largest absolute Gasteiger partial charge is 0.494 e. The fraction of sp³-hybridized carbons (Fsp3) is 0.100. The standard InChI is InChI=1S/C20H14F2N4O3S/c1-29-17-5-2-11(6-14(17)22)16-9-30-20(24-16)25-18(27)8-26-10-23-15-4-3-12(21)7-13(15)19(26)28/h2-7,9-10H,8H2,1H3,(H,24,25,27).